The molecule has 2 heterocycles. The maximum atomic E-state index is 14.4. The van der Waals surface area contributed by atoms with Crippen LogP contribution in [0.5, 0.6) is 17.4 Å². The van der Waals surface area contributed by atoms with Crippen LogP contribution in [0.3, 0.4) is 0 Å². The van der Waals surface area contributed by atoms with Gasteiger partial charge >= 0.3 is 0 Å². The first kappa shape index (κ1) is 25.9. The van der Waals surface area contributed by atoms with Crippen LogP contribution in [0, 0.1) is 11.6 Å². The molecule has 1 saturated heterocycles. The summed E-state index contributed by atoms with van der Waals surface area (Å²) in [5.41, 5.74) is -0.486. The second kappa shape index (κ2) is 10.6. The van der Waals surface area contributed by atoms with Crippen molar-refractivity contribution in [2.45, 2.75) is 12.3 Å². The number of amides is 1. The fourth-order valence-corrected chi connectivity index (χ4v) is 4.91. The second-order valence-corrected chi connectivity index (χ2v) is 9.05. The normalized spacial score (nSPS) is 14.9. The predicted molar refractivity (Wildman–Crippen MR) is 140 cm³/mol. The molecule has 39 heavy (non-hydrogen) atoms. The molecule has 1 aliphatic rings. The van der Waals surface area contributed by atoms with Gasteiger partial charge in [-0.1, -0.05) is 24.3 Å². The van der Waals surface area contributed by atoms with E-state index >= 15 is 0 Å². The van der Waals surface area contributed by atoms with E-state index in [4.69, 9.17) is 9.47 Å². The highest BCUT2D eigenvalue weighted by atomic mass is 19.1. The molecule has 200 valence electrons. The molecule has 10 heteroatoms. The molecule has 1 atom stereocenters. The van der Waals surface area contributed by atoms with Gasteiger partial charge in [0.15, 0.2) is 11.4 Å². The minimum absolute atomic E-state index is 0.0532. The van der Waals surface area contributed by atoms with Crippen LogP contribution in [0.15, 0.2) is 71.5 Å². The van der Waals surface area contributed by atoms with Gasteiger partial charge in [-0.2, -0.15) is 4.98 Å². The van der Waals surface area contributed by atoms with Gasteiger partial charge in [-0.3, -0.25) is 14.2 Å². The molecule has 1 amide bonds. The first-order chi connectivity index (χ1) is 18.8. The van der Waals surface area contributed by atoms with Crippen molar-refractivity contribution in [3.63, 3.8) is 0 Å². The van der Waals surface area contributed by atoms with Gasteiger partial charge < -0.3 is 19.5 Å². The van der Waals surface area contributed by atoms with Gasteiger partial charge in [0, 0.05) is 24.6 Å². The van der Waals surface area contributed by atoms with Gasteiger partial charge in [0.2, 0.25) is 5.88 Å². The molecule has 1 fully saturated rings. The van der Waals surface area contributed by atoms with Gasteiger partial charge in [-0.15, -0.1) is 0 Å². The van der Waals surface area contributed by atoms with E-state index in [-0.39, 0.29) is 47.8 Å². The Morgan fingerprint density at radius 2 is 1.64 bits per heavy atom. The SMILES string of the molecule is COc1cccc(OC)c1-n1c(-c2ccc(F)cc2)nc(O)c(C(=O)N2CC[C@H](c3ccccc3F)C2)c1=O. The molecule has 0 radical (unpaired) electrons. The largest absolute Gasteiger partial charge is 0.494 e. The summed E-state index contributed by atoms with van der Waals surface area (Å²) < 4.78 is 40.2. The summed E-state index contributed by atoms with van der Waals surface area (Å²) >= 11 is 0. The van der Waals surface area contributed by atoms with Crippen LogP contribution in [0.4, 0.5) is 8.78 Å². The predicted octanol–water partition coefficient (Wildman–Crippen LogP) is 4.53. The Morgan fingerprint density at radius 1 is 0.974 bits per heavy atom. The fourth-order valence-electron chi connectivity index (χ4n) is 4.91. The fraction of sp³-hybridized carbons (Fsp3) is 0.207. The van der Waals surface area contributed by atoms with Crippen molar-refractivity contribution in [1.82, 2.24) is 14.5 Å². The quantitative estimate of drug-likeness (QED) is 0.392. The number of methoxy groups -OCH3 is 2. The van der Waals surface area contributed by atoms with Crippen LogP contribution in [-0.2, 0) is 0 Å². The molecule has 3 aromatic carbocycles. The first-order valence-corrected chi connectivity index (χ1v) is 12.2. The van der Waals surface area contributed by atoms with Crippen molar-refractivity contribution in [3.8, 4) is 34.5 Å². The van der Waals surface area contributed by atoms with E-state index in [1.54, 1.807) is 36.4 Å². The number of carbonyl (C=O) groups is 1. The number of hydrogen-bond donors (Lipinski definition) is 1. The van der Waals surface area contributed by atoms with Crippen molar-refractivity contribution in [3.05, 3.63) is 99.8 Å². The van der Waals surface area contributed by atoms with E-state index in [1.165, 1.54) is 49.5 Å². The average Bonchev–Trinajstić information content (AvgIpc) is 3.43. The number of benzene rings is 3. The highest BCUT2D eigenvalue weighted by Gasteiger charge is 2.34. The van der Waals surface area contributed by atoms with E-state index in [0.717, 1.165) is 4.57 Å². The Morgan fingerprint density at radius 3 is 2.28 bits per heavy atom. The van der Waals surface area contributed by atoms with Crippen LogP contribution < -0.4 is 15.0 Å². The number of aromatic hydroxyl groups is 1. The van der Waals surface area contributed by atoms with E-state index < -0.39 is 28.7 Å². The summed E-state index contributed by atoms with van der Waals surface area (Å²) in [6.07, 6.45) is 0.489. The Bertz CT molecular complexity index is 1580. The van der Waals surface area contributed by atoms with Crippen molar-refractivity contribution in [1.29, 1.82) is 0 Å². The van der Waals surface area contributed by atoms with Crippen molar-refractivity contribution >= 4 is 5.91 Å². The lowest BCUT2D eigenvalue weighted by Gasteiger charge is -2.21. The lowest BCUT2D eigenvalue weighted by atomic mass is 9.98. The zero-order chi connectivity index (χ0) is 27.7. The molecular formula is C29H25F2N3O5. The van der Waals surface area contributed by atoms with Crippen LogP contribution in [0.1, 0.15) is 28.3 Å². The van der Waals surface area contributed by atoms with Gasteiger partial charge in [0.25, 0.3) is 11.5 Å². The van der Waals surface area contributed by atoms with Crippen LogP contribution in [-0.4, -0.2) is 52.8 Å². The summed E-state index contributed by atoms with van der Waals surface area (Å²) in [6, 6.07) is 16.4. The Labute approximate surface area is 222 Å². The molecule has 1 N–H and O–H groups in total. The number of para-hydroxylation sites is 1. The Kier molecular flexibility index (Phi) is 7.02. The zero-order valence-electron chi connectivity index (χ0n) is 21.2. The monoisotopic (exact) mass is 533 g/mol. The van der Waals surface area contributed by atoms with Crippen LogP contribution in [0.25, 0.3) is 17.1 Å². The van der Waals surface area contributed by atoms with E-state index in [1.807, 2.05) is 0 Å². The second-order valence-electron chi connectivity index (χ2n) is 9.05. The molecule has 0 spiro atoms. The van der Waals surface area contributed by atoms with E-state index in [9.17, 15) is 23.5 Å². The molecule has 4 aromatic rings. The third-order valence-electron chi connectivity index (χ3n) is 6.83. The highest BCUT2D eigenvalue weighted by molar-refractivity contribution is 5.96. The number of rotatable bonds is 6. The number of nitrogens with zero attached hydrogens (tertiary/aromatic N) is 3. The number of likely N-dealkylation sites (tertiary alicyclic amines) is 1. The summed E-state index contributed by atoms with van der Waals surface area (Å²) in [4.78, 5) is 33.3. The molecule has 5 rings (SSSR count). The Hall–Kier alpha value is -4.73. The molecule has 8 nitrogen and oxygen atoms in total. The minimum Gasteiger partial charge on any atom is -0.494 e. The average molecular weight is 534 g/mol. The summed E-state index contributed by atoms with van der Waals surface area (Å²) in [5, 5.41) is 10.9. The molecular weight excluding hydrogens is 508 g/mol. The number of hydrogen-bond acceptors (Lipinski definition) is 6. The van der Waals surface area contributed by atoms with E-state index in [2.05, 4.69) is 4.98 Å². The maximum Gasteiger partial charge on any atom is 0.275 e. The number of carbonyl (C=O) groups excluding carboxylic acids is 1. The standard InChI is InChI=1S/C29H25F2N3O5/c1-38-22-8-5-9-23(39-2)25(22)34-26(17-10-12-19(30)13-11-17)32-27(35)24(29(34)37)28(36)33-15-14-18(16-33)20-6-3-4-7-21(20)31/h3-13,18,35H,14-16H2,1-2H3/t18-/m0/s1. The van der Waals surface area contributed by atoms with E-state index in [0.29, 0.717) is 17.5 Å². The van der Waals surface area contributed by atoms with Crippen molar-refractivity contribution in [2.75, 3.05) is 27.3 Å². The third kappa shape index (κ3) is 4.69. The first-order valence-electron chi connectivity index (χ1n) is 12.2. The molecule has 0 unspecified atom stereocenters. The highest BCUT2D eigenvalue weighted by Crippen LogP contribution is 2.36. The smallest absolute Gasteiger partial charge is 0.275 e. The molecule has 1 aromatic heterocycles. The van der Waals surface area contributed by atoms with Gasteiger partial charge in [0.05, 0.1) is 14.2 Å². The van der Waals surface area contributed by atoms with Crippen LogP contribution in [0.2, 0.25) is 0 Å². The minimum atomic E-state index is -0.871. The molecule has 1 aliphatic heterocycles. The summed E-state index contributed by atoms with van der Waals surface area (Å²) in [7, 11) is 2.82. The van der Waals surface area contributed by atoms with Crippen LogP contribution >= 0.6 is 0 Å². The van der Waals surface area contributed by atoms with Crippen molar-refractivity contribution < 1.29 is 28.2 Å². The summed E-state index contributed by atoms with van der Waals surface area (Å²) in [6.45, 7) is 0.421. The number of ether oxygens (including phenoxy) is 2. The molecule has 0 aliphatic carbocycles. The molecule has 0 saturated carbocycles. The lowest BCUT2D eigenvalue weighted by Crippen LogP contribution is -2.36. The summed E-state index contributed by atoms with van der Waals surface area (Å²) in [5.74, 6) is -2.21. The number of aromatic nitrogens is 2. The van der Waals surface area contributed by atoms with Gasteiger partial charge in [-0.25, -0.2) is 8.78 Å². The lowest BCUT2D eigenvalue weighted by molar-refractivity contribution is 0.0784. The molecule has 0 bridgehead atoms. The third-order valence-corrected chi connectivity index (χ3v) is 6.83. The van der Waals surface area contributed by atoms with Gasteiger partial charge in [-0.05, 0) is 54.4 Å². The Balaban J connectivity index is 1.66. The zero-order valence-corrected chi connectivity index (χ0v) is 21.2. The van der Waals surface area contributed by atoms with Crippen molar-refractivity contribution in [2.24, 2.45) is 0 Å². The number of halogens is 2. The maximum absolute atomic E-state index is 14.4. The topological polar surface area (TPSA) is 93.9 Å². The van der Waals surface area contributed by atoms with Gasteiger partial charge in [0.1, 0.15) is 28.8 Å².